The molecular weight excluding hydrogens is 346 g/mol. The van der Waals surface area contributed by atoms with Gasteiger partial charge in [0.1, 0.15) is 0 Å². The molecule has 1 aliphatic rings. The molecule has 2 aromatic rings. The predicted octanol–water partition coefficient (Wildman–Crippen LogP) is 3.06. The summed E-state index contributed by atoms with van der Waals surface area (Å²) < 4.78 is 0. The van der Waals surface area contributed by atoms with Gasteiger partial charge in [0.05, 0.1) is 12.5 Å². The Hall–Kier alpha value is -2.18. The lowest BCUT2D eigenvalue weighted by Gasteiger charge is -2.32. The van der Waals surface area contributed by atoms with Crippen molar-refractivity contribution in [2.45, 2.75) is 19.4 Å². The van der Waals surface area contributed by atoms with E-state index >= 15 is 0 Å². The number of carbonyl (C=O) groups is 2. The zero-order valence-corrected chi connectivity index (χ0v) is 15.9. The van der Waals surface area contributed by atoms with Crippen molar-refractivity contribution in [1.82, 2.24) is 9.80 Å². The smallest absolute Gasteiger partial charge is 0.236 e. The van der Waals surface area contributed by atoms with Crippen LogP contribution in [0.2, 0.25) is 0 Å². The monoisotopic (exact) mass is 371 g/mol. The summed E-state index contributed by atoms with van der Waals surface area (Å²) >= 11 is 1.64. The Bertz CT molecular complexity index is 718. The lowest BCUT2D eigenvalue weighted by atomic mass is 9.97. The second kappa shape index (κ2) is 8.96. The molecule has 1 fully saturated rings. The summed E-state index contributed by atoms with van der Waals surface area (Å²) in [5.41, 5.74) is 1.98. The van der Waals surface area contributed by atoms with E-state index in [-0.39, 0.29) is 17.7 Å². The molecule has 6 heteroatoms. The highest BCUT2D eigenvalue weighted by molar-refractivity contribution is 7.07. The average molecular weight is 372 g/mol. The van der Waals surface area contributed by atoms with Gasteiger partial charge in [0, 0.05) is 25.8 Å². The number of thiophene rings is 1. The molecule has 1 aliphatic heterocycles. The van der Waals surface area contributed by atoms with Gasteiger partial charge in [-0.25, -0.2) is 0 Å². The molecule has 1 saturated heterocycles. The van der Waals surface area contributed by atoms with Gasteiger partial charge in [0.2, 0.25) is 11.8 Å². The van der Waals surface area contributed by atoms with E-state index in [1.165, 1.54) is 0 Å². The van der Waals surface area contributed by atoms with E-state index in [4.69, 9.17) is 0 Å². The lowest BCUT2D eigenvalue weighted by molar-refractivity contribution is -0.133. The van der Waals surface area contributed by atoms with Gasteiger partial charge in [-0.2, -0.15) is 11.3 Å². The Morgan fingerprint density at radius 3 is 2.81 bits per heavy atom. The fraction of sp³-hybridized carbons (Fsp3) is 0.400. The molecule has 2 heterocycles. The van der Waals surface area contributed by atoms with Crippen LogP contribution in [-0.4, -0.2) is 48.3 Å². The van der Waals surface area contributed by atoms with Crippen molar-refractivity contribution in [3.63, 3.8) is 0 Å². The molecule has 0 spiro atoms. The summed E-state index contributed by atoms with van der Waals surface area (Å²) in [5.74, 6) is 0.0687. The molecule has 5 nitrogen and oxygen atoms in total. The molecule has 1 N–H and O–H groups in total. The first-order valence-electron chi connectivity index (χ1n) is 8.95. The Morgan fingerprint density at radius 2 is 2.08 bits per heavy atom. The molecule has 3 rings (SSSR count). The first-order chi connectivity index (χ1) is 12.6. The number of likely N-dealkylation sites (tertiary alicyclic amines) is 1. The van der Waals surface area contributed by atoms with Crippen molar-refractivity contribution >= 4 is 28.8 Å². The number of piperidine rings is 1. The lowest BCUT2D eigenvalue weighted by Crippen LogP contribution is -2.45. The second-order valence-corrected chi connectivity index (χ2v) is 7.59. The summed E-state index contributed by atoms with van der Waals surface area (Å²) in [4.78, 5) is 28.9. The number of hydrogen-bond donors (Lipinski definition) is 1. The minimum absolute atomic E-state index is 0.0416. The maximum atomic E-state index is 12.5. The van der Waals surface area contributed by atoms with E-state index in [1.807, 2.05) is 48.8 Å². The van der Waals surface area contributed by atoms with E-state index in [1.54, 1.807) is 16.2 Å². The third-order valence-electron chi connectivity index (χ3n) is 4.70. The number of rotatable bonds is 6. The van der Waals surface area contributed by atoms with Gasteiger partial charge in [-0.3, -0.25) is 14.5 Å². The van der Waals surface area contributed by atoms with Gasteiger partial charge in [-0.1, -0.05) is 18.2 Å². The third-order valence-corrected chi connectivity index (χ3v) is 5.43. The molecule has 1 aromatic carbocycles. The minimum atomic E-state index is -0.0704. The summed E-state index contributed by atoms with van der Waals surface area (Å²) in [7, 11) is 1.84. The van der Waals surface area contributed by atoms with E-state index in [0.717, 1.165) is 30.6 Å². The van der Waals surface area contributed by atoms with Crippen LogP contribution in [0, 0.1) is 5.92 Å². The quantitative estimate of drug-likeness (QED) is 0.849. The van der Waals surface area contributed by atoms with E-state index < -0.39 is 0 Å². The number of likely N-dealkylation sites (N-methyl/N-ethyl adjacent to an activating group) is 1. The zero-order valence-electron chi connectivity index (χ0n) is 15.1. The Balaban J connectivity index is 1.49. The van der Waals surface area contributed by atoms with Crippen LogP contribution >= 0.6 is 11.3 Å². The molecule has 2 amide bonds. The highest BCUT2D eigenvalue weighted by Gasteiger charge is 2.27. The summed E-state index contributed by atoms with van der Waals surface area (Å²) in [5, 5.41) is 7.06. The largest absolute Gasteiger partial charge is 0.340 e. The third kappa shape index (κ3) is 5.16. The highest BCUT2D eigenvalue weighted by atomic mass is 32.1. The normalized spacial score (nSPS) is 17.7. The molecule has 0 bridgehead atoms. The summed E-state index contributed by atoms with van der Waals surface area (Å²) in [6.07, 6.45) is 1.81. The van der Waals surface area contributed by atoms with E-state index in [0.29, 0.717) is 19.6 Å². The number of nitrogens with one attached hydrogen (secondary N) is 1. The van der Waals surface area contributed by atoms with Crippen LogP contribution in [0.25, 0.3) is 0 Å². The maximum absolute atomic E-state index is 12.5. The van der Waals surface area contributed by atoms with Gasteiger partial charge in [-0.15, -0.1) is 0 Å². The predicted molar refractivity (Wildman–Crippen MR) is 105 cm³/mol. The van der Waals surface area contributed by atoms with Gasteiger partial charge < -0.3 is 10.2 Å². The Morgan fingerprint density at radius 1 is 1.27 bits per heavy atom. The number of amides is 2. The van der Waals surface area contributed by atoms with Crippen molar-refractivity contribution in [3.05, 3.63) is 52.7 Å². The van der Waals surface area contributed by atoms with Crippen LogP contribution in [-0.2, 0) is 16.1 Å². The first kappa shape index (κ1) is 18.6. The fourth-order valence-corrected chi connectivity index (χ4v) is 3.90. The molecule has 138 valence electrons. The van der Waals surface area contributed by atoms with Crippen molar-refractivity contribution in [2.24, 2.45) is 5.92 Å². The van der Waals surface area contributed by atoms with Crippen molar-refractivity contribution in [2.75, 3.05) is 32.0 Å². The topological polar surface area (TPSA) is 52.7 Å². The Kier molecular flexibility index (Phi) is 6.41. The van der Waals surface area contributed by atoms with Crippen LogP contribution in [0.15, 0.2) is 47.2 Å². The molecule has 1 aromatic heterocycles. The van der Waals surface area contributed by atoms with Crippen LogP contribution in [0.3, 0.4) is 0 Å². The van der Waals surface area contributed by atoms with Crippen molar-refractivity contribution < 1.29 is 9.59 Å². The number of para-hydroxylation sites is 1. The molecule has 0 aliphatic carbocycles. The molecule has 0 radical (unpaired) electrons. The molecule has 0 unspecified atom stereocenters. The molecule has 1 atom stereocenters. The molecule has 26 heavy (non-hydrogen) atoms. The zero-order chi connectivity index (χ0) is 18.4. The second-order valence-electron chi connectivity index (χ2n) is 6.81. The number of benzene rings is 1. The van der Waals surface area contributed by atoms with E-state index in [9.17, 15) is 9.59 Å². The first-order valence-corrected chi connectivity index (χ1v) is 9.89. The van der Waals surface area contributed by atoms with Crippen LogP contribution in [0.5, 0.6) is 0 Å². The number of carbonyl (C=O) groups excluding carboxylic acids is 2. The van der Waals surface area contributed by atoms with Crippen LogP contribution in [0.4, 0.5) is 5.69 Å². The molecular formula is C20H25N3O2S. The number of nitrogens with zero attached hydrogens (tertiary/aromatic N) is 2. The van der Waals surface area contributed by atoms with Gasteiger partial charge in [0.25, 0.3) is 0 Å². The van der Waals surface area contributed by atoms with Gasteiger partial charge in [0.15, 0.2) is 0 Å². The van der Waals surface area contributed by atoms with Gasteiger partial charge >= 0.3 is 0 Å². The van der Waals surface area contributed by atoms with Crippen LogP contribution in [0.1, 0.15) is 18.4 Å². The van der Waals surface area contributed by atoms with Crippen molar-refractivity contribution in [3.8, 4) is 0 Å². The average Bonchev–Trinajstić information content (AvgIpc) is 3.15. The fourth-order valence-electron chi connectivity index (χ4n) is 3.24. The maximum Gasteiger partial charge on any atom is 0.236 e. The summed E-state index contributed by atoms with van der Waals surface area (Å²) in [6.45, 7) is 2.51. The summed E-state index contributed by atoms with van der Waals surface area (Å²) in [6, 6.07) is 11.6. The highest BCUT2D eigenvalue weighted by Crippen LogP contribution is 2.19. The minimum Gasteiger partial charge on any atom is -0.340 e. The van der Waals surface area contributed by atoms with Crippen LogP contribution < -0.4 is 5.32 Å². The van der Waals surface area contributed by atoms with Crippen molar-refractivity contribution in [1.29, 1.82) is 0 Å². The van der Waals surface area contributed by atoms with Gasteiger partial charge in [-0.05, 0) is 53.9 Å². The molecule has 0 saturated carbocycles. The standard InChI is InChI=1S/C20H25N3O2S/c1-22(12-16-9-11-26-15-16)19(24)14-23-10-5-6-17(13-23)20(25)21-18-7-3-2-4-8-18/h2-4,7-9,11,15,17H,5-6,10,12-14H2,1H3,(H,21,25)/t17-/m0/s1. The number of hydrogen-bond acceptors (Lipinski definition) is 4. The van der Waals surface area contributed by atoms with E-state index in [2.05, 4.69) is 15.6 Å². The Labute approximate surface area is 158 Å². The SMILES string of the molecule is CN(Cc1ccsc1)C(=O)CN1CCC[C@H](C(=O)Nc2ccccc2)C1. The number of anilines is 1.